The molecule has 0 saturated carbocycles. The lowest BCUT2D eigenvalue weighted by Gasteiger charge is -2.19. The van der Waals surface area contributed by atoms with E-state index < -0.39 is 34.5 Å². The second kappa shape index (κ2) is 43.0. The van der Waals surface area contributed by atoms with Crippen LogP contribution in [-0.2, 0) is 37.1 Å². The number of nitrogens with one attached hydrogen (secondary N) is 3. The fourth-order valence-corrected chi connectivity index (χ4v) is 12.3. The summed E-state index contributed by atoms with van der Waals surface area (Å²) in [5.41, 5.74) is 16.6. The SMILES string of the molecule is CC(C)(C)OC(=O)Nc1cccc(Oc2cc(-c3cnn(Cc4ccccc4)c3)ncn2)c1.Clc1cc(-c2cnn(Cc3ccccc3)c2)ncn1.Clc1cc(Cl)ncn1.Nc1cccc(Oc2cc(-c3cnn(Cc4ccccc4)c3)ncn2)c1.O=C(Nc1cccc(Oc2cc(-c3cnn(Cc4ccccc4)c3)ncn2)c1)Nc1ccc(Cl)c(C(F)(F)F)c1. The highest BCUT2D eigenvalue weighted by Crippen LogP contribution is 2.37. The number of amides is 3. The van der Waals surface area contributed by atoms with Crippen molar-refractivity contribution in [1.29, 1.82) is 0 Å². The van der Waals surface area contributed by atoms with Crippen molar-refractivity contribution in [2.75, 3.05) is 21.7 Å². The standard InChI is InChI=1S/C28H20ClF3N6O2.C25H25N5O3.C20H17N5O.C14H11ClN4.C4H2Cl2N2/c29-24-10-9-21(12-23(24)28(30,31)32)37-27(39)36-20-7-4-8-22(11-20)40-26-13-25(33-17-34-26)19-14-35-38(16-19)15-18-5-2-1-3-6-18;1-25(2,3)33-24(31)29-20-10-7-11-21(12-20)32-23-13-22(26-17-27-23)19-14-28-30(16-19)15-18-8-5-4-6-9-18;21-17-7-4-8-18(9-17)26-20-10-19(22-14-23-20)16-11-24-25(13-16)12-15-5-2-1-3-6-15;15-14-6-13(16-10-17-14)12-7-18-19(9-12)8-11-4-2-1-3-5-11;5-3-1-4(6)8-2-7-3/h1-14,16-17H,15H2,(H2,36,37,39);4-14,16-17H,15H2,1-3H3,(H,29,31);1-11,13-14H,12,21H2;1-7,9-10H,8H2;1-2H. The summed E-state index contributed by atoms with van der Waals surface area (Å²) in [6.07, 6.45) is 16.6. The number of benzene rings is 8. The van der Waals surface area contributed by atoms with Crippen LogP contribution >= 0.6 is 46.4 Å². The molecule has 0 aliphatic rings. The van der Waals surface area contributed by atoms with Crippen LogP contribution in [0.3, 0.4) is 0 Å². The minimum absolute atomic E-state index is 0.0674. The number of hydrogen-bond donors (Lipinski definition) is 4. The predicted octanol–water partition coefficient (Wildman–Crippen LogP) is 21.6. The third-order valence-corrected chi connectivity index (χ3v) is 18.2. The Balaban J connectivity index is 0.000000143. The zero-order chi connectivity index (χ0) is 88.2. The fourth-order valence-electron chi connectivity index (χ4n) is 11.6. The molecule has 17 rings (SSSR count). The van der Waals surface area contributed by atoms with E-state index in [1.807, 2.05) is 161 Å². The van der Waals surface area contributed by atoms with E-state index in [9.17, 15) is 22.8 Å². The zero-order valence-corrected chi connectivity index (χ0v) is 70.2. The number of ether oxygens (including phenoxy) is 4. The lowest BCUT2D eigenvalue weighted by Crippen LogP contribution is -2.27. The average Bonchev–Trinajstić information content (AvgIpc) is 1.62. The number of carbonyl (C=O) groups excluding carboxylic acids is 2. The number of hydrogen-bond acceptors (Lipinski definition) is 21. The normalized spacial score (nSPS) is 10.8. The first-order valence-corrected chi connectivity index (χ1v) is 39.8. The molecular weight excluding hydrogens is 1700 g/mol. The zero-order valence-electron chi connectivity index (χ0n) is 67.2. The van der Waals surface area contributed by atoms with Gasteiger partial charge in [-0.3, -0.25) is 24.0 Å². The molecule has 0 aliphatic heterocycles. The number of anilines is 4. The van der Waals surface area contributed by atoms with E-state index in [0.717, 1.165) is 57.9 Å². The minimum atomic E-state index is -4.65. The molecule has 0 bridgehead atoms. The van der Waals surface area contributed by atoms with E-state index in [0.29, 0.717) is 92.6 Å². The summed E-state index contributed by atoms with van der Waals surface area (Å²) in [5.74, 6) is 2.63. The molecule has 3 amide bonds. The number of rotatable bonds is 21. The van der Waals surface area contributed by atoms with Gasteiger partial charge in [0, 0.05) is 118 Å². The van der Waals surface area contributed by atoms with Crippen LogP contribution in [0.2, 0.25) is 20.5 Å². The topological polar surface area (TPSA) is 333 Å². The van der Waals surface area contributed by atoms with Gasteiger partial charge < -0.3 is 35.3 Å². The molecule has 0 spiro atoms. The van der Waals surface area contributed by atoms with Gasteiger partial charge in [-0.25, -0.2) is 59.4 Å². The largest absolute Gasteiger partial charge is 0.444 e. The van der Waals surface area contributed by atoms with Gasteiger partial charge in [0.15, 0.2) is 0 Å². The maximum absolute atomic E-state index is 13.1. The molecule has 0 unspecified atom stereocenters. The number of urea groups is 1. The van der Waals surface area contributed by atoms with Crippen LogP contribution in [0.5, 0.6) is 34.9 Å². The van der Waals surface area contributed by atoms with Crippen molar-refractivity contribution >= 4 is 81.3 Å². The molecule has 28 nitrogen and oxygen atoms in total. The van der Waals surface area contributed by atoms with Crippen molar-refractivity contribution in [3.8, 4) is 79.9 Å². The van der Waals surface area contributed by atoms with Crippen molar-refractivity contribution < 1.29 is 41.7 Å². The van der Waals surface area contributed by atoms with Crippen molar-refractivity contribution in [2.24, 2.45) is 0 Å². The third-order valence-electron chi connectivity index (χ3n) is 17.3. The van der Waals surface area contributed by atoms with Crippen molar-refractivity contribution in [1.82, 2.24) is 89.0 Å². The first-order valence-electron chi connectivity index (χ1n) is 38.3. The Kier molecular flexibility index (Phi) is 30.2. The Morgan fingerprint density at radius 2 is 0.698 bits per heavy atom. The van der Waals surface area contributed by atoms with E-state index in [1.54, 1.807) is 110 Å². The summed E-state index contributed by atoms with van der Waals surface area (Å²) in [4.78, 5) is 65.2. The van der Waals surface area contributed by atoms with E-state index in [2.05, 4.69) is 123 Å². The number of nitrogens with two attached hydrogens (primary N) is 1. The highest BCUT2D eigenvalue weighted by atomic mass is 35.5. The number of halogens is 7. The monoisotopic (exact) mass is 1770 g/mol. The van der Waals surface area contributed by atoms with Gasteiger partial charge in [-0.1, -0.05) is 186 Å². The summed E-state index contributed by atoms with van der Waals surface area (Å²) >= 11 is 22.3. The quantitative estimate of drug-likeness (QED) is 0.0383. The Bertz CT molecular complexity index is 6420. The van der Waals surface area contributed by atoms with Crippen LogP contribution in [-0.4, -0.2) is 107 Å². The second-order valence-corrected chi connectivity index (χ2v) is 29.7. The summed E-state index contributed by atoms with van der Waals surface area (Å²) in [6, 6.07) is 71.8. The maximum Gasteiger partial charge on any atom is 0.417 e. The minimum Gasteiger partial charge on any atom is -0.444 e. The van der Waals surface area contributed by atoms with E-state index in [1.165, 1.54) is 60.5 Å². The first-order chi connectivity index (χ1) is 60.9. The number of nitrogen functional groups attached to an aromatic ring is 1. The van der Waals surface area contributed by atoms with E-state index >= 15 is 0 Å². The number of carbonyl (C=O) groups is 2. The molecule has 0 fully saturated rings. The smallest absolute Gasteiger partial charge is 0.417 e. The Hall–Kier alpha value is -15.3. The lowest BCUT2D eigenvalue weighted by atomic mass is 10.2. The molecule has 5 N–H and O–H groups in total. The van der Waals surface area contributed by atoms with Crippen LogP contribution in [0.1, 0.15) is 48.6 Å². The van der Waals surface area contributed by atoms with Gasteiger partial charge in [0.05, 0.1) is 84.3 Å². The molecule has 8 aromatic carbocycles. The summed E-state index contributed by atoms with van der Waals surface area (Å²) in [7, 11) is 0. The molecule has 126 heavy (non-hydrogen) atoms. The van der Waals surface area contributed by atoms with Gasteiger partial charge in [0.25, 0.3) is 0 Å². The van der Waals surface area contributed by atoms with Crippen molar-refractivity contribution in [2.45, 2.75) is 58.7 Å². The predicted molar refractivity (Wildman–Crippen MR) is 475 cm³/mol. The van der Waals surface area contributed by atoms with Crippen LogP contribution in [0.25, 0.3) is 45.0 Å². The Morgan fingerprint density at radius 3 is 1.05 bits per heavy atom. The summed E-state index contributed by atoms with van der Waals surface area (Å²) in [5, 5.41) is 25.9. The number of nitrogens with zero attached hydrogens (tertiary/aromatic N) is 18. The van der Waals surface area contributed by atoms with Gasteiger partial charge in [-0.15, -0.1) is 0 Å². The number of aromatic nitrogens is 18. The lowest BCUT2D eigenvalue weighted by molar-refractivity contribution is -0.137. The molecule has 35 heteroatoms. The highest BCUT2D eigenvalue weighted by molar-refractivity contribution is 6.33. The first kappa shape index (κ1) is 88.5. The van der Waals surface area contributed by atoms with Crippen molar-refractivity contribution in [3.05, 3.63) is 372 Å². The summed E-state index contributed by atoms with van der Waals surface area (Å²) in [6.45, 7) is 8.16. The second-order valence-electron chi connectivity index (χ2n) is 28.1. The van der Waals surface area contributed by atoms with Gasteiger partial charge in [0.2, 0.25) is 17.6 Å². The molecule has 9 heterocycles. The number of alkyl halides is 3. The molecule has 0 aliphatic carbocycles. The molecule has 634 valence electrons. The molecule has 9 aromatic heterocycles. The highest BCUT2D eigenvalue weighted by Gasteiger charge is 2.33. The Morgan fingerprint density at radius 1 is 0.365 bits per heavy atom. The van der Waals surface area contributed by atoms with Crippen molar-refractivity contribution in [3.63, 3.8) is 0 Å². The van der Waals surface area contributed by atoms with Crippen LogP contribution in [0.15, 0.2) is 324 Å². The van der Waals surface area contributed by atoms with Gasteiger partial charge >= 0.3 is 18.3 Å². The molecular formula is C91H75Cl4F3N22O6. The molecule has 0 radical (unpaired) electrons. The maximum atomic E-state index is 13.1. The van der Waals surface area contributed by atoms with E-state index in [-0.39, 0.29) is 11.6 Å². The van der Waals surface area contributed by atoms with Gasteiger partial charge in [0.1, 0.15) is 69.9 Å². The Labute approximate surface area is 739 Å². The van der Waals surface area contributed by atoms with E-state index in [4.69, 9.17) is 71.1 Å². The molecule has 0 saturated heterocycles. The average molecular weight is 1770 g/mol. The van der Waals surface area contributed by atoms with Crippen LogP contribution in [0.4, 0.5) is 45.5 Å². The summed E-state index contributed by atoms with van der Waals surface area (Å²) < 4.78 is 69.5. The fraction of sp³-hybridized carbons (Fsp3) is 0.0989. The van der Waals surface area contributed by atoms with Crippen LogP contribution in [0, 0.1) is 0 Å². The van der Waals surface area contributed by atoms with Gasteiger partial charge in [-0.2, -0.15) is 33.6 Å². The van der Waals surface area contributed by atoms with Crippen LogP contribution < -0.4 is 35.9 Å². The third kappa shape index (κ3) is 27.9. The van der Waals surface area contributed by atoms with Gasteiger partial charge in [-0.05, 0) is 97.6 Å². The molecule has 17 aromatic rings. The molecule has 0 atom stereocenters.